The molecular weight excluding hydrogens is 299 g/mol. The third kappa shape index (κ3) is 4.15. The van der Waals surface area contributed by atoms with Crippen LogP contribution in [0.2, 0.25) is 0 Å². The zero-order valence-electron chi connectivity index (χ0n) is 13.2. The van der Waals surface area contributed by atoms with Crippen LogP contribution in [0.3, 0.4) is 0 Å². The number of carbonyl (C=O) groups excluding carboxylic acids is 1. The van der Waals surface area contributed by atoms with E-state index in [1.807, 2.05) is 0 Å². The Bertz CT molecular complexity index is 760. The largest absolute Gasteiger partial charge is 0.399 e. The topological polar surface area (TPSA) is 101 Å². The molecule has 0 unspecified atom stereocenters. The van der Waals surface area contributed by atoms with Crippen LogP contribution >= 0.6 is 0 Å². The molecule has 6 nitrogen and oxygen atoms in total. The minimum atomic E-state index is -1.53. The predicted molar refractivity (Wildman–Crippen MR) is 85.7 cm³/mol. The minimum absolute atomic E-state index is 0.0893. The van der Waals surface area contributed by atoms with Crippen molar-refractivity contribution >= 4 is 11.6 Å². The molecule has 1 heterocycles. The zero-order chi connectivity index (χ0) is 17.2. The van der Waals surface area contributed by atoms with Gasteiger partial charge in [0.05, 0.1) is 6.04 Å². The van der Waals surface area contributed by atoms with E-state index in [2.05, 4.69) is 15.5 Å². The van der Waals surface area contributed by atoms with Crippen LogP contribution in [0, 0.1) is 0 Å². The number of anilines is 1. The fourth-order valence-corrected chi connectivity index (χ4v) is 2.09. The Labute approximate surface area is 132 Å². The number of hydrogen-bond donors (Lipinski definition) is 3. The molecule has 0 aliphatic rings. The van der Waals surface area contributed by atoms with Gasteiger partial charge in [0.25, 0.3) is 11.5 Å². The summed E-state index contributed by atoms with van der Waals surface area (Å²) >= 11 is 0. The van der Waals surface area contributed by atoms with E-state index in [1.54, 1.807) is 25.1 Å². The van der Waals surface area contributed by atoms with E-state index >= 15 is 0 Å². The van der Waals surface area contributed by atoms with Crippen LogP contribution in [0.4, 0.5) is 10.1 Å². The summed E-state index contributed by atoms with van der Waals surface area (Å²) in [5.41, 5.74) is 5.54. The molecule has 0 bridgehead atoms. The predicted octanol–water partition coefficient (Wildman–Crippen LogP) is 2.05. The number of halogens is 1. The molecule has 122 valence electrons. The second-order valence-corrected chi connectivity index (χ2v) is 5.86. The van der Waals surface area contributed by atoms with Gasteiger partial charge in [0.1, 0.15) is 11.4 Å². The molecule has 0 radical (unpaired) electrons. The average Bonchev–Trinajstić information content (AvgIpc) is 2.46. The number of nitrogens with two attached hydrogens (primary N) is 1. The first-order chi connectivity index (χ1) is 10.7. The Kier molecular flexibility index (Phi) is 4.49. The number of benzene rings is 1. The van der Waals surface area contributed by atoms with E-state index in [9.17, 15) is 14.0 Å². The second kappa shape index (κ2) is 6.20. The first kappa shape index (κ1) is 16.7. The van der Waals surface area contributed by atoms with Gasteiger partial charge in [0, 0.05) is 11.8 Å². The van der Waals surface area contributed by atoms with Crippen LogP contribution in [-0.4, -0.2) is 16.1 Å². The number of nitrogens with one attached hydrogen (secondary N) is 2. The third-order valence-corrected chi connectivity index (χ3v) is 3.42. The molecule has 0 saturated carbocycles. The Morgan fingerprint density at radius 3 is 2.61 bits per heavy atom. The van der Waals surface area contributed by atoms with E-state index in [0.29, 0.717) is 16.8 Å². The number of carbonyl (C=O) groups is 1. The maximum atomic E-state index is 14.1. The van der Waals surface area contributed by atoms with Crippen molar-refractivity contribution in [2.45, 2.75) is 32.5 Å². The summed E-state index contributed by atoms with van der Waals surface area (Å²) in [6.45, 7) is 4.64. The highest BCUT2D eigenvalue weighted by molar-refractivity contribution is 5.92. The van der Waals surface area contributed by atoms with Crippen LogP contribution in [-0.2, 0) is 5.67 Å². The summed E-state index contributed by atoms with van der Waals surface area (Å²) in [5, 5.41) is 8.60. The molecule has 0 aliphatic heterocycles. The molecule has 1 atom stereocenters. The molecule has 23 heavy (non-hydrogen) atoms. The van der Waals surface area contributed by atoms with E-state index in [0.717, 1.165) is 0 Å². The van der Waals surface area contributed by atoms with Crippen molar-refractivity contribution in [3.63, 3.8) is 0 Å². The zero-order valence-corrected chi connectivity index (χ0v) is 13.2. The lowest BCUT2D eigenvalue weighted by molar-refractivity contribution is 0.0933. The lowest BCUT2D eigenvalue weighted by Gasteiger charge is -2.20. The number of alkyl halides is 1. The van der Waals surface area contributed by atoms with Crippen molar-refractivity contribution in [2.24, 2.45) is 0 Å². The van der Waals surface area contributed by atoms with Gasteiger partial charge in [-0.2, -0.15) is 5.10 Å². The van der Waals surface area contributed by atoms with E-state index in [1.165, 1.54) is 26.0 Å². The first-order valence-electron chi connectivity index (χ1n) is 7.13. The maximum Gasteiger partial charge on any atom is 0.272 e. The van der Waals surface area contributed by atoms with Gasteiger partial charge in [0.15, 0.2) is 0 Å². The molecule has 4 N–H and O–H groups in total. The van der Waals surface area contributed by atoms with Gasteiger partial charge in [-0.15, -0.1) is 0 Å². The van der Waals surface area contributed by atoms with Gasteiger partial charge < -0.3 is 11.1 Å². The Morgan fingerprint density at radius 2 is 2.04 bits per heavy atom. The number of nitrogen functional groups attached to an aromatic ring is 1. The Hall–Kier alpha value is -2.70. The van der Waals surface area contributed by atoms with E-state index < -0.39 is 17.6 Å². The Morgan fingerprint density at radius 1 is 1.35 bits per heavy atom. The number of amides is 1. The fourth-order valence-electron chi connectivity index (χ4n) is 2.09. The van der Waals surface area contributed by atoms with Gasteiger partial charge in [-0.3, -0.25) is 9.59 Å². The first-order valence-corrected chi connectivity index (χ1v) is 7.13. The van der Waals surface area contributed by atoms with Crippen molar-refractivity contribution in [3.05, 3.63) is 57.5 Å². The summed E-state index contributed by atoms with van der Waals surface area (Å²) < 4.78 is 14.1. The number of aromatic nitrogens is 2. The van der Waals surface area contributed by atoms with Crippen LogP contribution < -0.4 is 16.6 Å². The van der Waals surface area contributed by atoms with Gasteiger partial charge in [-0.1, -0.05) is 6.07 Å². The van der Waals surface area contributed by atoms with E-state index in [4.69, 9.17) is 5.73 Å². The van der Waals surface area contributed by atoms with Gasteiger partial charge in [-0.25, -0.2) is 9.49 Å². The standard InChI is InChI=1S/C16H19FN4O2/c1-9(19-15(23)13-4-5-14(22)21-20-13)10-6-11(16(2,3)17)8-12(18)7-10/h4-9H,18H2,1-3H3,(H,19,23)(H,21,22)/t9-/m1/s1. The lowest BCUT2D eigenvalue weighted by atomic mass is 9.95. The van der Waals surface area contributed by atoms with Gasteiger partial charge in [-0.05, 0) is 50.1 Å². The molecule has 2 aromatic rings. The Balaban J connectivity index is 2.22. The highest BCUT2D eigenvalue weighted by atomic mass is 19.1. The molecule has 1 aromatic carbocycles. The summed E-state index contributed by atoms with van der Waals surface area (Å²) in [5.74, 6) is -0.447. The third-order valence-electron chi connectivity index (χ3n) is 3.42. The molecule has 0 aliphatic carbocycles. The van der Waals surface area contributed by atoms with Crippen molar-refractivity contribution in [1.29, 1.82) is 0 Å². The molecule has 0 fully saturated rings. The summed E-state index contributed by atoms with van der Waals surface area (Å²) in [7, 11) is 0. The number of rotatable bonds is 4. The average molecular weight is 318 g/mol. The number of nitrogens with zero attached hydrogens (tertiary/aromatic N) is 1. The van der Waals surface area contributed by atoms with Crippen LogP contribution in [0.5, 0.6) is 0 Å². The lowest BCUT2D eigenvalue weighted by Crippen LogP contribution is -2.28. The maximum absolute atomic E-state index is 14.1. The summed E-state index contributed by atoms with van der Waals surface area (Å²) in [6, 6.07) is 7.07. The van der Waals surface area contributed by atoms with E-state index in [-0.39, 0.29) is 11.3 Å². The summed E-state index contributed by atoms with van der Waals surface area (Å²) in [4.78, 5) is 23.1. The molecule has 7 heteroatoms. The highest BCUT2D eigenvalue weighted by Crippen LogP contribution is 2.29. The minimum Gasteiger partial charge on any atom is -0.399 e. The SMILES string of the molecule is C[C@@H](NC(=O)c1ccc(=O)[nH]n1)c1cc(N)cc(C(C)(C)F)c1. The van der Waals surface area contributed by atoms with Crippen molar-refractivity contribution < 1.29 is 9.18 Å². The van der Waals surface area contributed by atoms with Crippen molar-refractivity contribution in [1.82, 2.24) is 15.5 Å². The van der Waals surface area contributed by atoms with Gasteiger partial charge >= 0.3 is 0 Å². The van der Waals surface area contributed by atoms with Crippen LogP contribution in [0.15, 0.2) is 35.1 Å². The number of hydrogen-bond acceptors (Lipinski definition) is 4. The molecular formula is C16H19FN4O2. The molecule has 1 amide bonds. The molecule has 1 aromatic heterocycles. The molecule has 0 saturated heterocycles. The van der Waals surface area contributed by atoms with Crippen LogP contribution in [0.1, 0.15) is 48.4 Å². The van der Waals surface area contributed by atoms with Gasteiger partial charge in [0.2, 0.25) is 0 Å². The second-order valence-electron chi connectivity index (χ2n) is 5.86. The summed E-state index contributed by atoms with van der Waals surface area (Å²) in [6.07, 6.45) is 0. The van der Waals surface area contributed by atoms with Crippen molar-refractivity contribution in [3.8, 4) is 0 Å². The molecule has 2 rings (SSSR count). The number of aromatic amines is 1. The normalized spacial score (nSPS) is 12.7. The fraction of sp³-hybridized carbons (Fsp3) is 0.312. The van der Waals surface area contributed by atoms with Crippen LogP contribution in [0.25, 0.3) is 0 Å². The van der Waals surface area contributed by atoms with Crippen molar-refractivity contribution in [2.75, 3.05) is 5.73 Å². The number of H-pyrrole nitrogens is 1. The monoisotopic (exact) mass is 318 g/mol. The highest BCUT2D eigenvalue weighted by Gasteiger charge is 2.21. The quantitative estimate of drug-likeness (QED) is 0.751. The molecule has 0 spiro atoms. The smallest absolute Gasteiger partial charge is 0.272 e.